The van der Waals surface area contributed by atoms with E-state index >= 15 is 0 Å². The second kappa shape index (κ2) is 11.2. The molecule has 2 aromatic heterocycles. The third-order valence-corrected chi connectivity index (χ3v) is 11.7. The molecular formula is C52H32N2. The van der Waals surface area contributed by atoms with Crippen LogP contribution in [0.2, 0.25) is 0 Å². The highest BCUT2D eigenvalue weighted by Gasteiger charge is 2.21. The van der Waals surface area contributed by atoms with E-state index in [9.17, 15) is 0 Å². The van der Waals surface area contributed by atoms with E-state index in [1.165, 1.54) is 104 Å². The fourth-order valence-electron chi connectivity index (χ4n) is 9.39. The van der Waals surface area contributed by atoms with Crippen molar-refractivity contribution < 1.29 is 0 Å². The summed E-state index contributed by atoms with van der Waals surface area (Å²) in [5.74, 6) is 0. The average molecular weight is 685 g/mol. The SMILES string of the molecule is c1ccc2cc(-n3c4ccccc4c4c(-c5cccc6c5c5ccccc5n6-c5ccc6c7ccccc7c7ccccc7c6c5)cccc43)ccc2c1. The predicted molar refractivity (Wildman–Crippen MR) is 231 cm³/mol. The zero-order valence-electron chi connectivity index (χ0n) is 29.4. The van der Waals surface area contributed by atoms with E-state index in [2.05, 4.69) is 203 Å². The van der Waals surface area contributed by atoms with Crippen molar-refractivity contribution in [2.24, 2.45) is 0 Å². The first kappa shape index (κ1) is 29.4. The van der Waals surface area contributed by atoms with Crippen LogP contribution in [0.5, 0.6) is 0 Å². The Bertz CT molecular complexity index is 3470. The van der Waals surface area contributed by atoms with E-state index in [1.54, 1.807) is 0 Å². The summed E-state index contributed by atoms with van der Waals surface area (Å²) in [5, 5.41) is 15.3. The van der Waals surface area contributed by atoms with Gasteiger partial charge in [0, 0.05) is 32.9 Å². The fraction of sp³-hybridized carbons (Fsp3) is 0. The lowest BCUT2D eigenvalue weighted by atomic mass is 9.94. The van der Waals surface area contributed by atoms with Gasteiger partial charge in [0.2, 0.25) is 0 Å². The Kier molecular flexibility index (Phi) is 6.09. The summed E-state index contributed by atoms with van der Waals surface area (Å²) in [4.78, 5) is 0. The first-order valence-corrected chi connectivity index (χ1v) is 18.7. The van der Waals surface area contributed by atoms with Crippen LogP contribution in [-0.2, 0) is 0 Å². The summed E-state index contributed by atoms with van der Waals surface area (Å²) in [5.41, 5.74) is 9.64. The molecule has 12 aromatic rings. The molecule has 0 aliphatic rings. The van der Waals surface area contributed by atoms with Crippen LogP contribution in [-0.4, -0.2) is 9.13 Å². The van der Waals surface area contributed by atoms with Crippen LogP contribution in [0.4, 0.5) is 0 Å². The summed E-state index contributed by atoms with van der Waals surface area (Å²) < 4.78 is 4.91. The number of benzene rings is 10. The van der Waals surface area contributed by atoms with Gasteiger partial charge in [-0.2, -0.15) is 0 Å². The number of aromatic nitrogens is 2. The molecule has 2 heterocycles. The molecule has 10 aromatic carbocycles. The van der Waals surface area contributed by atoms with Gasteiger partial charge in [0.15, 0.2) is 0 Å². The van der Waals surface area contributed by atoms with Crippen LogP contribution in [0.3, 0.4) is 0 Å². The van der Waals surface area contributed by atoms with Crippen LogP contribution in [0.1, 0.15) is 0 Å². The Labute approximate surface area is 311 Å². The minimum absolute atomic E-state index is 1.16. The number of hydrogen-bond acceptors (Lipinski definition) is 0. The maximum absolute atomic E-state index is 2.47. The average Bonchev–Trinajstić information content (AvgIpc) is 3.77. The summed E-state index contributed by atoms with van der Waals surface area (Å²) in [6.07, 6.45) is 0. The molecule has 0 spiro atoms. The molecule has 0 saturated carbocycles. The van der Waals surface area contributed by atoms with E-state index < -0.39 is 0 Å². The number of para-hydroxylation sites is 2. The van der Waals surface area contributed by atoms with Crippen LogP contribution in [0, 0.1) is 0 Å². The highest BCUT2D eigenvalue weighted by molar-refractivity contribution is 6.26. The minimum Gasteiger partial charge on any atom is -0.309 e. The predicted octanol–water partition coefficient (Wildman–Crippen LogP) is 14.2. The Morgan fingerprint density at radius 2 is 0.648 bits per heavy atom. The lowest BCUT2D eigenvalue weighted by Crippen LogP contribution is -1.95. The summed E-state index contributed by atoms with van der Waals surface area (Å²) >= 11 is 0. The molecule has 0 aliphatic carbocycles. The van der Waals surface area contributed by atoms with Crippen LogP contribution >= 0.6 is 0 Å². The Morgan fingerprint density at radius 1 is 0.241 bits per heavy atom. The third kappa shape index (κ3) is 4.05. The molecule has 0 N–H and O–H groups in total. The molecule has 0 unspecified atom stereocenters. The summed E-state index contributed by atoms with van der Waals surface area (Å²) in [7, 11) is 0. The highest BCUT2D eigenvalue weighted by Crippen LogP contribution is 2.45. The number of fused-ring (bicyclic) bond motifs is 13. The van der Waals surface area contributed by atoms with Gasteiger partial charge in [0.1, 0.15) is 0 Å². The van der Waals surface area contributed by atoms with Gasteiger partial charge in [-0.25, -0.2) is 0 Å². The smallest absolute Gasteiger partial charge is 0.0547 e. The zero-order chi connectivity index (χ0) is 35.3. The Hall–Kier alpha value is -7.16. The van der Waals surface area contributed by atoms with E-state index in [1.807, 2.05) is 0 Å². The molecule has 2 heteroatoms. The molecule has 250 valence electrons. The molecule has 0 saturated heterocycles. The van der Waals surface area contributed by atoms with Crippen molar-refractivity contribution in [3.63, 3.8) is 0 Å². The molecule has 2 nitrogen and oxygen atoms in total. The van der Waals surface area contributed by atoms with E-state index in [0.29, 0.717) is 0 Å². The second-order valence-corrected chi connectivity index (χ2v) is 14.5. The number of rotatable bonds is 3. The third-order valence-electron chi connectivity index (χ3n) is 11.7. The van der Waals surface area contributed by atoms with Crippen LogP contribution < -0.4 is 0 Å². The van der Waals surface area contributed by atoms with Crippen molar-refractivity contribution in [3.05, 3.63) is 194 Å². The van der Waals surface area contributed by atoms with Gasteiger partial charge in [-0.1, -0.05) is 146 Å². The summed E-state index contributed by atoms with van der Waals surface area (Å²) in [6.45, 7) is 0. The molecule has 0 atom stereocenters. The molecule has 0 amide bonds. The first-order valence-electron chi connectivity index (χ1n) is 18.7. The highest BCUT2D eigenvalue weighted by atomic mass is 15.0. The van der Waals surface area contributed by atoms with Gasteiger partial charge in [0.05, 0.1) is 22.1 Å². The molecule has 0 bridgehead atoms. The van der Waals surface area contributed by atoms with Crippen molar-refractivity contribution in [1.29, 1.82) is 0 Å². The van der Waals surface area contributed by atoms with Crippen molar-refractivity contribution in [3.8, 4) is 22.5 Å². The maximum atomic E-state index is 2.47. The van der Waals surface area contributed by atoms with Gasteiger partial charge < -0.3 is 9.13 Å². The first-order chi connectivity index (χ1) is 26.8. The molecule has 12 rings (SSSR count). The van der Waals surface area contributed by atoms with Crippen molar-refractivity contribution in [2.45, 2.75) is 0 Å². The van der Waals surface area contributed by atoms with Gasteiger partial charge in [0.25, 0.3) is 0 Å². The lowest BCUT2D eigenvalue weighted by Gasteiger charge is -2.14. The van der Waals surface area contributed by atoms with Crippen LogP contribution in [0.25, 0.3) is 109 Å². The molecule has 0 radical (unpaired) electrons. The Balaban J connectivity index is 1.15. The topological polar surface area (TPSA) is 9.86 Å². The molecule has 0 fully saturated rings. The second-order valence-electron chi connectivity index (χ2n) is 14.5. The number of hydrogen-bond donors (Lipinski definition) is 0. The van der Waals surface area contributed by atoms with Crippen molar-refractivity contribution in [1.82, 2.24) is 9.13 Å². The van der Waals surface area contributed by atoms with Gasteiger partial charge >= 0.3 is 0 Å². The van der Waals surface area contributed by atoms with Gasteiger partial charge in [-0.05, 0) is 103 Å². The summed E-state index contributed by atoms with van der Waals surface area (Å²) in [6, 6.07) is 71.5. The molecule has 0 aliphatic heterocycles. The monoisotopic (exact) mass is 684 g/mol. The van der Waals surface area contributed by atoms with Crippen molar-refractivity contribution >= 4 is 86.7 Å². The van der Waals surface area contributed by atoms with Gasteiger partial charge in [-0.3, -0.25) is 0 Å². The van der Waals surface area contributed by atoms with Crippen molar-refractivity contribution in [2.75, 3.05) is 0 Å². The standard InChI is InChI=1S/C52H32N2/c1-2-14-34-31-35(28-27-33(34)13-1)53-47-23-9-7-19-44(47)51-42(21-11-25-49(51)53)43-22-12-26-50-52(43)45-20-8-10-24-48(45)54(50)36-29-30-41-39-17-4-3-15-37(39)38-16-5-6-18-40(38)46(41)32-36/h1-32H. The maximum Gasteiger partial charge on any atom is 0.0547 e. The van der Waals surface area contributed by atoms with E-state index in [-0.39, 0.29) is 0 Å². The zero-order valence-corrected chi connectivity index (χ0v) is 29.4. The van der Waals surface area contributed by atoms with Gasteiger partial charge in [-0.15, -0.1) is 0 Å². The normalized spacial score (nSPS) is 12.1. The number of nitrogens with zero attached hydrogens (tertiary/aromatic N) is 2. The molecule has 54 heavy (non-hydrogen) atoms. The van der Waals surface area contributed by atoms with E-state index in [0.717, 1.165) is 5.69 Å². The lowest BCUT2D eigenvalue weighted by molar-refractivity contribution is 1.19. The quantitative estimate of drug-likeness (QED) is 0.164. The largest absolute Gasteiger partial charge is 0.309 e. The minimum atomic E-state index is 1.16. The Morgan fingerprint density at radius 3 is 1.22 bits per heavy atom. The fourth-order valence-corrected chi connectivity index (χ4v) is 9.39. The van der Waals surface area contributed by atoms with Crippen LogP contribution in [0.15, 0.2) is 194 Å². The molecular weight excluding hydrogens is 653 g/mol. The van der Waals surface area contributed by atoms with E-state index in [4.69, 9.17) is 0 Å².